The second-order valence-electron chi connectivity index (χ2n) is 7.38. The minimum atomic E-state index is -0.430. The summed E-state index contributed by atoms with van der Waals surface area (Å²) in [6, 6.07) is 13.6. The number of carbonyl (C=O) groups excluding carboxylic acids is 2. The van der Waals surface area contributed by atoms with E-state index in [2.05, 4.69) is 31.0 Å². The van der Waals surface area contributed by atoms with Crippen LogP contribution in [-0.2, 0) is 14.3 Å². The number of anilines is 1. The Morgan fingerprint density at radius 1 is 1.21 bits per heavy atom. The Bertz CT molecular complexity index is 1040. The smallest absolute Gasteiger partial charge is 0.311 e. The lowest BCUT2D eigenvalue weighted by molar-refractivity contribution is -0.145. The van der Waals surface area contributed by atoms with E-state index >= 15 is 0 Å². The quantitative estimate of drug-likeness (QED) is 0.638. The van der Waals surface area contributed by atoms with Crippen molar-refractivity contribution in [1.29, 1.82) is 0 Å². The van der Waals surface area contributed by atoms with E-state index < -0.39 is 5.92 Å². The highest BCUT2D eigenvalue weighted by molar-refractivity contribution is 6.00. The number of rotatable bonds is 4. The van der Waals surface area contributed by atoms with Crippen LogP contribution in [0.5, 0.6) is 0 Å². The summed E-state index contributed by atoms with van der Waals surface area (Å²) in [6.45, 7) is 4.62. The molecule has 6 nitrogen and oxygen atoms in total. The fraction of sp³-hybridized carbons (Fsp3) is 0.318. The lowest BCUT2D eigenvalue weighted by atomic mass is 10.0. The molecule has 144 valence electrons. The fourth-order valence-electron chi connectivity index (χ4n) is 3.50. The summed E-state index contributed by atoms with van der Waals surface area (Å²) in [5, 5.41) is 0. The van der Waals surface area contributed by atoms with Crippen molar-refractivity contribution >= 4 is 28.7 Å². The fourth-order valence-corrected chi connectivity index (χ4v) is 3.50. The summed E-state index contributed by atoms with van der Waals surface area (Å²) in [4.78, 5) is 30.3. The number of carbonyl (C=O) groups is 2. The highest BCUT2D eigenvalue weighted by atomic mass is 16.5. The Hall–Kier alpha value is -3.15. The van der Waals surface area contributed by atoms with Crippen LogP contribution < -0.4 is 4.90 Å². The van der Waals surface area contributed by atoms with E-state index in [0.29, 0.717) is 35.1 Å². The van der Waals surface area contributed by atoms with Gasteiger partial charge in [-0.25, -0.2) is 4.98 Å². The molecule has 0 spiro atoms. The molecule has 1 saturated heterocycles. The first kappa shape index (κ1) is 18.2. The van der Waals surface area contributed by atoms with Gasteiger partial charge in [0.2, 0.25) is 11.8 Å². The molecule has 0 saturated carbocycles. The number of fused-ring (bicyclic) bond motifs is 1. The summed E-state index contributed by atoms with van der Waals surface area (Å²) in [6.07, 6.45) is 0.164. The van der Waals surface area contributed by atoms with Crippen molar-refractivity contribution in [2.24, 2.45) is 5.92 Å². The first-order chi connectivity index (χ1) is 13.5. The van der Waals surface area contributed by atoms with Gasteiger partial charge in [0.15, 0.2) is 5.58 Å². The monoisotopic (exact) mass is 378 g/mol. The van der Waals surface area contributed by atoms with Gasteiger partial charge in [-0.1, -0.05) is 26.0 Å². The van der Waals surface area contributed by atoms with Crippen molar-refractivity contribution in [2.45, 2.75) is 26.2 Å². The predicted molar refractivity (Wildman–Crippen MR) is 106 cm³/mol. The standard InChI is InChI=1S/C22H22N2O4/c1-13(2)14-4-6-15(7-5-14)21-23-18-11-17(8-9-19(18)28-21)24-12-16(10-20(24)25)22(26)27-3/h4-9,11,13,16H,10,12H2,1-3H3/t16-/m0/s1. The zero-order chi connectivity index (χ0) is 19.8. The number of hydrogen-bond donors (Lipinski definition) is 0. The van der Waals surface area contributed by atoms with Crippen LogP contribution in [0.3, 0.4) is 0 Å². The van der Waals surface area contributed by atoms with Gasteiger partial charge in [0.25, 0.3) is 0 Å². The highest BCUT2D eigenvalue weighted by Crippen LogP contribution is 2.31. The number of benzene rings is 2. The van der Waals surface area contributed by atoms with Crippen LogP contribution in [0.15, 0.2) is 46.9 Å². The molecule has 0 radical (unpaired) electrons. The summed E-state index contributed by atoms with van der Waals surface area (Å²) in [7, 11) is 1.34. The van der Waals surface area contributed by atoms with E-state index in [9.17, 15) is 9.59 Å². The van der Waals surface area contributed by atoms with Crippen LogP contribution in [-0.4, -0.2) is 30.5 Å². The van der Waals surface area contributed by atoms with Gasteiger partial charge in [-0.15, -0.1) is 0 Å². The molecule has 28 heavy (non-hydrogen) atoms. The normalized spacial score (nSPS) is 16.9. The molecule has 1 aliphatic rings. The first-order valence-corrected chi connectivity index (χ1v) is 9.35. The third-order valence-corrected chi connectivity index (χ3v) is 5.17. The lowest BCUT2D eigenvalue weighted by Crippen LogP contribution is -2.26. The molecule has 0 unspecified atom stereocenters. The summed E-state index contributed by atoms with van der Waals surface area (Å²) < 4.78 is 10.7. The highest BCUT2D eigenvalue weighted by Gasteiger charge is 2.36. The van der Waals surface area contributed by atoms with Gasteiger partial charge in [-0.05, 0) is 41.8 Å². The molecular formula is C22H22N2O4. The molecular weight excluding hydrogens is 356 g/mol. The van der Waals surface area contributed by atoms with Crippen LogP contribution in [0, 0.1) is 5.92 Å². The van der Waals surface area contributed by atoms with Gasteiger partial charge in [0, 0.05) is 24.2 Å². The maximum absolute atomic E-state index is 12.3. The van der Waals surface area contributed by atoms with Gasteiger partial charge in [-0.2, -0.15) is 0 Å². The Labute approximate surface area is 163 Å². The minimum Gasteiger partial charge on any atom is -0.469 e. The molecule has 1 atom stereocenters. The third kappa shape index (κ3) is 3.26. The summed E-state index contributed by atoms with van der Waals surface area (Å²) >= 11 is 0. The predicted octanol–water partition coefficient (Wildman–Crippen LogP) is 4.14. The van der Waals surface area contributed by atoms with Crippen LogP contribution in [0.25, 0.3) is 22.6 Å². The van der Waals surface area contributed by atoms with E-state index in [0.717, 1.165) is 5.56 Å². The lowest BCUT2D eigenvalue weighted by Gasteiger charge is -2.16. The Morgan fingerprint density at radius 3 is 2.64 bits per heavy atom. The zero-order valence-corrected chi connectivity index (χ0v) is 16.1. The van der Waals surface area contributed by atoms with E-state index in [1.807, 2.05) is 30.3 Å². The van der Waals surface area contributed by atoms with Crippen LogP contribution in [0.1, 0.15) is 31.7 Å². The molecule has 0 aliphatic carbocycles. The van der Waals surface area contributed by atoms with Gasteiger partial charge >= 0.3 is 5.97 Å². The first-order valence-electron chi connectivity index (χ1n) is 9.35. The SMILES string of the molecule is COC(=O)[C@H]1CC(=O)N(c2ccc3oc(-c4ccc(C(C)C)cc4)nc3c2)C1. The minimum absolute atomic E-state index is 0.0947. The Kier molecular flexibility index (Phi) is 4.63. The van der Waals surface area contributed by atoms with Crippen molar-refractivity contribution < 1.29 is 18.7 Å². The molecule has 6 heteroatoms. The van der Waals surface area contributed by atoms with E-state index in [1.54, 1.807) is 4.90 Å². The van der Waals surface area contributed by atoms with E-state index in [4.69, 9.17) is 9.15 Å². The molecule has 0 bridgehead atoms. The number of hydrogen-bond acceptors (Lipinski definition) is 5. The molecule has 2 heterocycles. The molecule has 1 amide bonds. The third-order valence-electron chi connectivity index (χ3n) is 5.17. The van der Waals surface area contributed by atoms with Gasteiger partial charge in [-0.3, -0.25) is 9.59 Å². The molecule has 1 aliphatic heterocycles. The molecule has 3 aromatic rings. The molecule has 4 rings (SSSR count). The maximum Gasteiger partial charge on any atom is 0.311 e. The van der Waals surface area contributed by atoms with E-state index in [1.165, 1.54) is 12.7 Å². The number of methoxy groups -OCH3 is 1. The van der Waals surface area contributed by atoms with Crippen LogP contribution in [0.2, 0.25) is 0 Å². The summed E-state index contributed by atoms with van der Waals surface area (Å²) in [5.74, 6) is 0.128. The van der Waals surface area contributed by atoms with Crippen molar-refractivity contribution in [3.05, 3.63) is 48.0 Å². The average Bonchev–Trinajstić information content (AvgIpc) is 3.30. The van der Waals surface area contributed by atoms with Crippen molar-refractivity contribution in [3.8, 4) is 11.5 Å². The number of oxazole rings is 1. The van der Waals surface area contributed by atoms with Crippen LogP contribution >= 0.6 is 0 Å². The molecule has 1 aromatic heterocycles. The van der Waals surface area contributed by atoms with Crippen LogP contribution in [0.4, 0.5) is 5.69 Å². The number of amides is 1. The number of aromatic nitrogens is 1. The molecule has 1 fully saturated rings. The summed E-state index contributed by atoms with van der Waals surface area (Å²) in [5.41, 5.74) is 4.21. The largest absolute Gasteiger partial charge is 0.469 e. The topological polar surface area (TPSA) is 72.6 Å². The second kappa shape index (κ2) is 7.11. The maximum atomic E-state index is 12.3. The van der Waals surface area contributed by atoms with Crippen molar-refractivity contribution in [2.75, 3.05) is 18.6 Å². The Morgan fingerprint density at radius 2 is 1.96 bits per heavy atom. The van der Waals surface area contributed by atoms with Gasteiger partial charge < -0.3 is 14.1 Å². The second-order valence-corrected chi connectivity index (χ2v) is 7.38. The van der Waals surface area contributed by atoms with Crippen molar-refractivity contribution in [1.82, 2.24) is 4.98 Å². The van der Waals surface area contributed by atoms with Gasteiger partial charge in [0.05, 0.1) is 13.0 Å². The number of nitrogens with zero attached hydrogens (tertiary/aromatic N) is 2. The zero-order valence-electron chi connectivity index (χ0n) is 16.1. The number of ether oxygens (including phenoxy) is 1. The molecule has 2 aromatic carbocycles. The molecule has 0 N–H and O–H groups in total. The Balaban J connectivity index is 1.62. The van der Waals surface area contributed by atoms with E-state index in [-0.39, 0.29) is 18.3 Å². The average molecular weight is 378 g/mol. The van der Waals surface area contributed by atoms with Gasteiger partial charge in [0.1, 0.15) is 5.52 Å². The van der Waals surface area contributed by atoms with Crippen molar-refractivity contribution in [3.63, 3.8) is 0 Å². The number of esters is 1.